The first kappa shape index (κ1) is 22.0. The second-order valence-corrected chi connectivity index (χ2v) is 6.25. The molecule has 1 N–H and O–H groups in total. The van der Waals surface area contributed by atoms with Crippen LogP contribution in [0.1, 0.15) is 5.56 Å². The number of nitrogens with zero attached hydrogens (tertiary/aromatic N) is 3. The normalized spacial score (nSPS) is 14.5. The molecule has 0 bridgehead atoms. The number of amides is 2. The number of ether oxygens (including phenoxy) is 2. The lowest BCUT2D eigenvalue weighted by Gasteiger charge is -2.31. The second kappa shape index (κ2) is 10.9. The molecule has 11 heteroatoms. The number of piperazine rings is 1. The molecule has 1 aromatic carbocycles. The van der Waals surface area contributed by atoms with Crippen molar-refractivity contribution < 1.29 is 29.0 Å². The standard InChI is InChI=1S/C18H24N4O7/c1-20-8-10-21(11-9-20)18(24)29-15-5-3-14(13-16(15)27-2)4-6-17(23)19-7-12-28-22(25)26/h3-6,13H,7-12H2,1-2H3,(H,19,23)/b6-4+. The molecular weight excluding hydrogens is 384 g/mol. The summed E-state index contributed by atoms with van der Waals surface area (Å²) in [6.07, 6.45) is 2.38. The largest absolute Gasteiger partial charge is 0.493 e. The molecule has 1 aromatic rings. The summed E-state index contributed by atoms with van der Waals surface area (Å²) in [6, 6.07) is 4.90. The third-order valence-electron chi connectivity index (χ3n) is 4.17. The van der Waals surface area contributed by atoms with Crippen molar-refractivity contribution in [2.24, 2.45) is 0 Å². The molecule has 1 saturated heterocycles. The Hall–Kier alpha value is -3.34. The van der Waals surface area contributed by atoms with Crippen LogP contribution in [0.4, 0.5) is 4.79 Å². The SMILES string of the molecule is COc1cc(/C=C/C(=O)NCCO[N+](=O)[O-])ccc1OC(=O)N1CCN(C)CC1. The Kier molecular flexibility index (Phi) is 8.22. The van der Waals surface area contributed by atoms with Crippen LogP contribution in [0.5, 0.6) is 11.5 Å². The van der Waals surface area contributed by atoms with Crippen molar-refractivity contribution in [3.05, 3.63) is 40.0 Å². The Morgan fingerprint density at radius 1 is 1.24 bits per heavy atom. The number of carbonyl (C=O) groups excluding carboxylic acids is 2. The number of carbonyl (C=O) groups is 2. The maximum atomic E-state index is 12.3. The van der Waals surface area contributed by atoms with E-state index in [4.69, 9.17) is 9.47 Å². The van der Waals surface area contributed by atoms with Crippen LogP contribution in [0.15, 0.2) is 24.3 Å². The molecule has 2 amide bonds. The van der Waals surface area contributed by atoms with Crippen molar-refractivity contribution in [3.63, 3.8) is 0 Å². The quantitative estimate of drug-likeness (QED) is 0.290. The fourth-order valence-electron chi connectivity index (χ4n) is 2.55. The Morgan fingerprint density at radius 3 is 2.62 bits per heavy atom. The molecule has 1 aliphatic rings. The minimum absolute atomic E-state index is 0.00859. The molecular formula is C18H24N4O7. The highest BCUT2D eigenvalue weighted by atomic mass is 16.9. The molecule has 0 radical (unpaired) electrons. The fraction of sp³-hybridized carbons (Fsp3) is 0.444. The summed E-state index contributed by atoms with van der Waals surface area (Å²) in [4.78, 5) is 41.9. The van der Waals surface area contributed by atoms with E-state index in [9.17, 15) is 19.7 Å². The molecule has 0 saturated carbocycles. The third kappa shape index (κ3) is 7.30. The number of benzene rings is 1. The number of rotatable bonds is 8. The van der Waals surface area contributed by atoms with Crippen molar-refractivity contribution in [3.8, 4) is 11.5 Å². The van der Waals surface area contributed by atoms with Gasteiger partial charge in [0.15, 0.2) is 11.5 Å². The van der Waals surface area contributed by atoms with E-state index in [1.807, 2.05) is 7.05 Å². The lowest BCUT2D eigenvalue weighted by Crippen LogP contribution is -2.48. The number of hydrogen-bond donors (Lipinski definition) is 1. The van der Waals surface area contributed by atoms with E-state index in [2.05, 4.69) is 15.1 Å². The molecule has 0 aliphatic carbocycles. The zero-order chi connectivity index (χ0) is 21.2. The maximum Gasteiger partial charge on any atom is 0.415 e. The number of likely N-dealkylation sites (N-methyl/N-ethyl adjacent to an activating group) is 1. The summed E-state index contributed by atoms with van der Waals surface area (Å²) >= 11 is 0. The smallest absolute Gasteiger partial charge is 0.415 e. The molecule has 1 heterocycles. The molecule has 11 nitrogen and oxygen atoms in total. The van der Waals surface area contributed by atoms with Crippen LogP contribution in [0.2, 0.25) is 0 Å². The maximum absolute atomic E-state index is 12.3. The molecule has 0 spiro atoms. The molecule has 0 atom stereocenters. The first-order valence-electron chi connectivity index (χ1n) is 8.95. The Morgan fingerprint density at radius 2 is 1.97 bits per heavy atom. The van der Waals surface area contributed by atoms with Gasteiger partial charge in [-0.05, 0) is 30.8 Å². The third-order valence-corrected chi connectivity index (χ3v) is 4.17. The van der Waals surface area contributed by atoms with Gasteiger partial charge in [0.25, 0.3) is 5.09 Å². The van der Waals surface area contributed by atoms with Crippen molar-refractivity contribution in [1.82, 2.24) is 15.1 Å². The first-order valence-corrected chi connectivity index (χ1v) is 8.95. The second-order valence-electron chi connectivity index (χ2n) is 6.25. The van der Waals surface area contributed by atoms with Gasteiger partial charge in [0.2, 0.25) is 5.91 Å². The average Bonchev–Trinajstić information content (AvgIpc) is 2.70. The van der Waals surface area contributed by atoms with Crippen LogP contribution in [0, 0.1) is 10.1 Å². The van der Waals surface area contributed by atoms with Gasteiger partial charge in [0, 0.05) is 38.8 Å². The molecule has 0 unspecified atom stereocenters. The van der Waals surface area contributed by atoms with Crippen LogP contribution in [0.25, 0.3) is 6.08 Å². The topological polar surface area (TPSA) is 123 Å². The van der Waals surface area contributed by atoms with Crippen LogP contribution in [-0.2, 0) is 9.63 Å². The lowest BCUT2D eigenvalue weighted by atomic mass is 10.2. The monoisotopic (exact) mass is 408 g/mol. The Labute approximate surface area is 167 Å². The molecule has 2 rings (SSSR count). The summed E-state index contributed by atoms with van der Waals surface area (Å²) in [5.41, 5.74) is 0.651. The van der Waals surface area contributed by atoms with Crippen LogP contribution >= 0.6 is 0 Å². The highest BCUT2D eigenvalue weighted by Crippen LogP contribution is 2.29. The van der Waals surface area contributed by atoms with Gasteiger partial charge < -0.3 is 29.4 Å². The number of methoxy groups -OCH3 is 1. The van der Waals surface area contributed by atoms with Gasteiger partial charge in [-0.15, -0.1) is 10.1 Å². The number of hydrogen-bond acceptors (Lipinski definition) is 8. The van der Waals surface area contributed by atoms with Gasteiger partial charge >= 0.3 is 6.09 Å². The van der Waals surface area contributed by atoms with Crippen LogP contribution < -0.4 is 14.8 Å². The van der Waals surface area contributed by atoms with Crippen molar-refractivity contribution >= 4 is 18.1 Å². The molecule has 0 aromatic heterocycles. The number of nitrogens with one attached hydrogen (secondary N) is 1. The fourth-order valence-corrected chi connectivity index (χ4v) is 2.55. The van der Waals surface area contributed by atoms with Crippen LogP contribution in [-0.4, -0.2) is 80.4 Å². The zero-order valence-electron chi connectivity index (χ0n) is 16.3. The van der Waals surface area contributed by atoms with E-state index in [0.29, 0.717) is 24.4 Å². The van der Waals surface area contributed by atoms with Gasteiger partial charge in [0.1, 0.15) is 6.61 Å². The highest BCUT2D eigenvalue weighted by molar-refractivity contribution is 5.91. The Balaban J connectivity index is 1.91. The van der Waals surface area contributed by atoms with Crippen molar-refractivity contribution in [2.45, 2.75) is 0 Å². The predicted octanol–water partition coefficient (Wildman–Crippen LogP) is 0.779. The average molecular weight is 408 g/mol. The van der Waals surface area contributed by atoms with Gasteiger partial charge in [-0.3, -0.25) is 4.79 Å². The highest BCUT2D eigenvalue weighted by Gasteiger charge is 2.21. The lowest BCUT2D eigenvalue weighted by molar-refractivity contribution is -0.757. The molecule has 1 fully saturated rings. The van der Waals surface area contributed by atoms with Gasteiger partial charge in [-0.1, -0.05) is 6.07 Å². The molecule has 1 aliphatic heterocycles. The summed E-state index contributed by atoms with van der Waals surface area (Å²) < 4.78 is 10.7. The van der Waals surface area contributed by atoms with E-state index in [1.54, 1.807) is 23.1 Å². The minimum Gasteiger partial charge on any atom is -0.493 e. The summed E-state index contributed by atoms with van der Waals surface area (Å²) in [7, 11) is 3.46. The van der Waals surface area contributed by atoms with E-state index in [0.717, 1.165) is 13.1 Å². The van der Waals surface area contributed by atoms with Gasteiger partial charge in [-0.25, -0.2) is 4.79 Å². The van der Waals surface area contributed by atoms with E-state index in [1.165, 1.54) is 19.3 Å². The van der Waals surface area contributed by atoms with E-state index < -0.39 is 17.1 Å². The van der Waals surface area contributed by atoms with Crippen LogP contribution in [0.3, 0.4) is 0 Å². The van der Waals surface area contributed by atoms with E-state index >= 15 is 0 Å². The Bertz CT molecular complexity index is 761. The van der Waals surface area contributed by atoms with Crippen molar-refractivity contribution in [2.75, 3.05) is 53.5 Å². The molecule has 29 heavy (non-hydrogen) atoms. The summed E-state index contributed by atoms with van der Waals surface area (Å²) in [5.74, 6) is 0.214. The minimum atomic E-state index is -0.924. The summed E-state index contributed by atoms with van der Waals surface area (Å²) in [5, 5.41) is 11.5. The van der Waals surface area contributed by atoms with E-state index in [-0.39, 0.29) is 18.9 Å². The predicted molar refractivity (Wildman–Crippen MR) is 103 cm³/mol. The summed E-state index contributed by atoms with van der Waals surface area (Å²) in [6.45, 7) is 2.55. The van der Waals surface area contributed by atoms with Gasteiger partial charge in [-0.2, -0.15) is 0 Å². The first-order chi connectivity index (χ1) is 13.9. The van der Waals surface area contributed by atoms with Gasteiger partial charge in [0.05, 0.1) is 7.11 Å². The van der Waals surface area contributed by atoms with Crippen molar-refractivity contribution in [1.29, 1.82) is 0 Å². The zero-order valence-corrected chi connectivity index (χ0v) is 16.3. The molecule has 158 valence electrons.